The highest BCUT2D eigenvalue weighted by molar-refractivity contribution is 9.10. The molecular formula is C24H21BrN2O4S. The number of benzene rings is 2. The summed E-state index contributed by atoms with van der Waals surface area (Å²) in [7, 11) is 1.59. The number of methoxy groups -OCH3 is 1. The first kappa shape index (κ1) is 22.2. The van der Waals surface area contributed by atoms with Crippen LogP contribution in [-0.2, 0) is 9.53 Å². The smallest absolute Gasteiger partial charge is 0.338 e. The molecule has 2 aromatic carbocycles. The average molecular weight is 513 g/mol. The number of fused-ring (bicyclic) bond motifs is 1. The molecule has 6 nitrogen and oxygen atoms in total. The molecule has 0 N–H and O–H groups in total. The minimum absolute atomic E-state index is 0.205. The standard InChI is InChI=1S/C24H21BrN2O4S/c1-4-31-23(29)20-14(2)26-24-27(21(20)16-8-10-18(30-3)11-9-16)22(28)19(32-24)13-15-6-5-7-17(25)12-15/h5-13,21H,4H2,1-3H3/b19-13+/t21-/m0/s1. The Bertz CT molecular complexity index is 1390. The number of halogens is 1. The number of esters is 1. The zero-order valence-corrected chi connectivity index (χ0v) is 20.2. The number of rotatable bonds is 5. The lowest BCUT2D eigenvalue weighted by atomic mass is 9.96. The first-order valence-electron chi connectivity index (χ1n) is 10.0. The van der Waals surface area contributed by atoms with Crippen LogP contribution >= 0.6 is 27.3 Å². The summed E-state index contributed by atoms with van der Waals surface area (Å²) in [6.07, 6.45) is 1.84. The van der Waals surface area contributed by atoms with Crippen molar-refractivity contribution in [3.05, 3.63) is 95.1 Å². The molecule has 0 radical (unpaired) electrons. The van der Waals surface area contributed by atoms with E-state index in [0.717, 1.165) is 15.6 Å². The molecule has 1 aliphatic heterocycles. The molecule has 0 spiro atoms. The molecule has 1 aliphatic rings. The first-order valence-corrected chi connectivity index (χ1v) is 11.6. The van der Waals surface area contributed by atoms with Gasteiger partial charge in [-0.15, -0.1) is 0 Å². The lowest BCUT2D eigenvalue weighted by Crippen LogP contribution is -2.39. The number of nitrogens with zero attached hydrogens (tertiary/aromatic N) is 2. The average Bonchev–Trinajstić information content (AvgIpc) is 3.07. The van der Waals surface area contributed by atoms with Crippen molar-refractivity contribution in [2.45, 2.75) is 19.9 Å². The number of ether oxygens (including phenoxy) is 2. The Labute approximate surface area is 197 Å². The summed E-state index contributed by atoms with van der Waals surface area (Å²) in [6.45, 7) is 3.76. The lowest BCUT2D eigenvalue weighted by Gasteiger charge is -2.24. The number of carbonyl (C=O) groups excluding carboxylic acids is 1. The van der Waals surface area contributed by atoms with Crippen molar-refractivity contribution in [2.24, 2.45) is 4.99 Å². The number of thiazole rings is 1. The van der Waals surface area contributed by atoms with Gasteiger partial charge in [0, 0.05) is 4.47 Å². The van der Waals surface area contributed by atoms with E-state index in [1.165, 1.54) is 11.3 Å². The highest BCUT2D eigenvalue weighted by Crippen LogP contribution is 2.31. The van der Waals surface area contributed by atoms with Gasteiger partial charge in [-0.2, -0.15) is 0 Å². The zero-order valence-electron chi connectivity index (χ0n) is 17.8. The van der Waals surface area contributed by atoms with Gasteiger partial charge in [-0.05, 0) is 55.3 Å². The summed E-state index contributed by atoms with van der Waals surface area (Å²) < 4.78 is 13.6. The van der Waals surface area contributed by atoms with Gasteiger partial charge in [0.25, 0.3) is 5.56 Å². The van der Waals surface area contributed by atoms with Crippen molar-refractivity contribution in [1.29, 1.82) is 0 Å². The zero-order chi connectivity index (χ0) is 22.8. The molecule has 8 heteroatoms. The van der Waals surface area contributed by atoms with Crippen molar-refractivity contribution < 1.29 is 14.3 Å². The Kier molecular flexibility index (Phi) is 6.43. The molecule has 164 valence electrons. The monoisotopic (exact) mass is 512 g/mol. The third-order valence-corrected chi connectivity index (χ3v) is 6.57. The fraction of sp³-hybridized carbons (Fsp3) is 0.208. The summed E-state index contributed by atoms with van der Waals surface area (Å²) in [5, 5.41) is 0. The van der Waals surface area contributed by atoms with E-state index in [-0.39, 0.29) is 12.2 Å². The maximum Gasteiger partial charge on any atom is 0.338 e. The number of hydrogen-bond acceptors (Lipinski definition) is 6. The van der Waals surface area contributed by atoms with E-state index in [9.17, 15) is 9.59 Å². The van der Waals surface area contributed by atoms with Gasteiger partial charge in [-0.1, -0.05) is 51.5 Å². The van der Waals surface area contributed by atoms with E-state index in [1.54, 1.807) is 25.5 Å². The predicted molar refractivity (Wildman–Crippen MR) is 128 cm³/mol. The number of aromatic nitrogens is 1. The van der Waals surface area contributed by atoms with Crippen molar-refractivity contribution in [3.63, 3.8) is 0 Å². The fourth-order valence-corrected chi connectivity index (χ4v) is 5.10. The molecule has 0 bridgehead atoms. The number of carbonyl (C=O) groups is 1. The van der Waals surface area contributed by atoms with Crippen molar-refractivity contribution in [3.8, 4) is 5.75 Å². The van der Waals surface area contributed by atoms with Gasteiger partial charge in [-0.25, -0.2) is 9.79 Å². The molecule has 0 saturated heterocycles. The highest BCUT2D eigenvalue weighted by Gasteiger charge is 2.33. The summed E-state index contributed by atoms with van der Waals surface area (Å²) in [5.74, 6) is 0.213. The molecule has 0 aliphatic carbocycles. The summed E-state index contributed by atoms with van der Waals surface area (Å²) in [4.78, 5) is 31.5. The van der Waals surface area contributed by atoms with Crippen LogP contribution in [0.15, 0.2) is 74.1 Å². The van der Waals surface area contributed by atoms with Gasteiger partial charge < -0.3 is 9.47 Å². The topological polar surface area (TPSA) is 69.9 Å². The minimum Gasteiger partial charge on any atom is -0.497 e. The van der Waals surface area contributed by atoms with Gasteiger partial charge in [0.2, 0.25) is 0 Å². The third-order valence-electron chi connectivity index (χ3n) is 5.10. The molecule has 32 heavy (non-hydrogen) atoms. The van der Waals surface area contributed by atoms with Gasteiger partial charge in [0.15, 0.2) is 4.80 Å². The summed E-state index contributed by atoms with van der Waals surface area (Å²) in [5.41, 5.74) is 2.37. The Hall–Kier alpha value is -2.97. The molecule has 2 heterocycles. The second-order valence-electron chi connectivity index (χ2n) is 7.13. The maximum atomic E-state index is 13.5. The van der Waals surface area contributed by atoms with E-state index >= 15 is 0 Å². The second-order valence-corrected chi connectivity index (χ2v) is 9.06. The minimum atomic E-state index is -0.638. The first-order chi connectivity index (χ1) is 15.4. The van der Waals surface area contributed by atoms with Gasteiger partial charge in [0.05, 0.1) is 35.6 Å². The van der Waals surface area contributed by atoms with Gasteiger partial charge in [-0.3, -0.25) is 9.36 Å². The van der Waals surface area contributed by atoms with Crippen LogP contribution in [0.5, 0.6) is 5.75 Å². The maximum absolute atomic E-state index is 13.5. The van der Waals surface area contributed by atoms with E-state index in [2.05, 4.69) is 20.9 Å². The summed E-state index contributed by atoms with van der Waals surface area (Å²) >= 11 is 4.76. The van der Waals surface area contributed by atoms with E-state index < -0.39 is 12.0 Å². The SMILES string of the molecule is CCOC(=O)C1=C(C)N=c2s/c(=C/c3cccc(Br)c3)c(=O)n2[C@H]1c1ccc(OC)cc1. The van der Waals surface area contributed by atoms with Crippen LogP contribution in [0.3, 0.4) is 0 Å². The normalized spacial score (nSPS) is 15.9. The molecule has 3 aromatic rings. The quantitative estimate of drug-likeness (QED) is 0.490. The number of hydrogen-bond donors (Lipinski definition) is 0. The summed E-state index contributed by atoms with van der Waals surface area (Å²) in [6, 6.07) is 14.4. The predicted octanol–water partition coefficient (Wildman–Crippen LogP) is 3.57. The van der Waals surface area contributed by atoms with E-state index in [0.29, 0.717) is 26.4 Å². The molecule has 0 amide bonds. The van der Waals surface area contributed by atoms with E-state index in [1.807, 2.05) is 54.6 Å². The largest absolute Gasteiger partial charge is 0.497 e. The van der Waals surface area contributed by atoms with E-state index in [4.69, 9.17) is 9.47 Å². The molecule has 0 saturated carbocycles. The van der Waals surface area contributed by atoms with Crippen LogP contribution in [-0.4, -0.2) is 24.3 Å². The van der Waals surface area contributed by atoms with Crippen LogP contribution in [0.2, 0.25) is 0 Å². The molecule has 4 rings (SSSR count). The molecule has 0 unspecified atom stereocenters. The van der Waals surface area contributed by atoms with Crippen molar-refractivity contribution in [1.82, 2.24) is 4.57 Å². The van der Waals surface area contributed by atoms with Crippen LogP contribution in [0, 0.1) is 0 Å². The number of allylic oxidation sites excluding steroid dienone is 1. The Morgan fingerprint density at radius 1 is 1.25 bits per heavy atom. The van der Waals surface area contributed by atoms with Crippen LogP contribution in [0.1, 0.15) is 31.0 Å². The van der Waals surface area contributed by atoms with Crippen molar-refractivity contribution in [2.75, 3.05) is 13.7 Å². The Morgan fingerprint density at radius 3 is 2.66 bits per heavy atom. The highest BCUT2D eigenvalue weighted by atomic mass is 79.9. The van der Waals surface area contributed by atoms with Crippen LogP contribution < -0.4 is 19.6 Å². The molecule has 1 atom stereocenters. The van der Waals surface area contributed by atoms with Gasteiger partial charge in [0.1, 0.15) is 5.75 Å². The molecule has 1 aromatic heterocycles. The second kappa shape index (κ2) is 9.26. The molecular weight excluding hydrogens is 492 g/mol. The third kappa shape index (κ3) is 4.20. The fourth-order valence-electron chi connectivity index (χ4n) is 3.64. The lowest BCUT2D eigenvalue weighted by molar-refractivity contribution is -0.139. The molecule has 0 fully saturated rings. The Morgan fingerprint density at radius 2 is 2.00 bits per heavy atom. The Balaban J connectivity index is 1.94. The van der Waals surface area contributed by atoms with Crippen LogP contribution in [0.4, 0.5) is 0 Å². The van der Waals surface area contributed by atoms with Gasteiger partial charge >= 0.3 is 5.97 Å². The van der Waals surface area contributed by atoms with Crippen LogP contribution in [0.25, 0.3) is 6.08 Å². The van der Waals surface area contributed by atoms with Crippen molar-refractivity contribution >= 4 is 39.3 Å².